The summed E-state index contributed by atoms with van der Waals surface area (Å²) in [5, 5.41) is 3.35. The molecule has 4 heteroatoms. The maximum absolute atomic E-state index is 12.4. The maximum atomic E-state index is 12.4. The highest BCUT2D eigenvalue weighted by Crippen LogP contribution is 2.39. The molecule has 0 bridgehead atoms. The topological polar surface area (TPSA) is 32.3 Å². The van der Waals surface area contributed by atoms with Gasteiger partial charge in [0.2, 0.25) is 5.91 Å². The molecule has 1 amide bonds. The van der Waals surface area contributed by atoms with E-state index in [-0.39, 0.29) is 12.4 Å². The van der Waals surface area contributed by atoms with Crippen LogP contribution in [0.2, 0.25) is 0 Å². The molecule has 3 nitrogen and oxygen atoms in total. The minimum Gasteiger partial charge on any atom is -0.336 e. The van der Waals surface area contributed by atoms with Crippen molar-refractivity contribution in [2.24, 2.45) is 11.8 Å². The van der Waals surface area contributed by atoms with E-state index in [0.717, 1.165) is 18.4 Å². The average Bonchev–Trinajstić information content (AvgIpc) is 3.10. The average molecular weight is 287 g/mol. The predicted molar refractivity (Wildman–Crippen MR) is 79.5 cm³/mol. The smallest absolute Gasteiger partial charge is 0.237 e. The Bertz CT molecular complexity index is 319. The van der Waals surface area contributed by atoms with Crippen molar-refractivity contribution in [2.45, 2.75) is 64.0 Å². The van der Waals surface area contributed by atoms with Crippen LogP contribution in [-0.4, -0.2) is 36.0 Å². The molecule has 3 rings (SSSR count). The third kappa shape index (κ3) is 3.43. The number of likely N-dealkylation sites (tertiary alicyclic amines) is 1. The van der Waals surface area contributed by atoms with Crippen LogP contribution in [0.25, 0.3) is 0 Å². The summed E-state index contributed by atoms with van der Waals surface area (Å²) in [7, 11) is 0. The van der Waals surface area contributed by atoms with Crippen LogP contribution in [0, 0.1) is 11.8 Å². The number of rotatable bonds is 4. The first-order chi connectivity index (χ1) is 8.75. The molecule has 3 unspecified atom stereocenters. The van der Waals surface area contributed by atoms with E-state index in [1.807, 2.05) is 0 Å². The van der Waals surface area contributed by atoms with E-state index >= 15 is 0 Å². The van der Waals surface area contributed by atoms with Gasteiger partial charge in [-0.05, 0) is 57.4 Å². The van der Waals surface area contributed by atoms with Gasteiger partial charge in [-0.3, -0.25) is 4.79 Å². The monoisotopic (exact) mass is 286 g/mol. The summed E-state index contributed by atoms with van der Waals surface area (Å²) in [6.07, 6.45) is 9.21. The van der Waals surface area contributed by atoms with E-state index in [1.165, 1.54) is 44.9 Å². The fourth-order valence-electron chi connectivity index (χ4n) is 3.94. The summed E-state index contributed by atoms with van der Waals surface area (Å²) in [6.45, 7) is 3.84. The van der Waals surface area contributed by atoms with E-state index < -0.39 is 0 Å². The molecule has 2 saturated carbocycles. The Balaban J connectivity index is 0.00000133. The van der Waals surface area contributed by atoms with Gasteiger partial charge in [0, 0.05) is 12.1 Å². The first kappa shape index (κ1) is 15.1. The van der Waals surface area contributed by atoms with Gasteiger partial charge in [0.05, 0.1) is 6.54 Å². The molecular formula is C15H27ClN2O. The molecule has 0 aromatic carbocycles. The number of fused-ring (bicyclic) bond motifs is 1. The number of nitrogens with zero attached hydrogens (tertiary/aromatic N) is 1. The van der Waals surface area contributed by atoms with Crippen molar-refractivity contribution in [3.63, 3.8) is 0 Å². The minimum atomic E-state index is 0. The molecule has 0 spiro atoms. The van der Waals surface area contributed by atoms with Gasteiger partial charge in [0.15, 0.2) is 0 Å². The molecule has 0 radical (unpaired) electrons. The fourth-order valence-corrected chi connectivity index (χ4v) is 3.94. The van der Waals surface area contributed by atoms with Gasteiger partial charge in [-0.25, -0.2) is 0 Å². The molecule has 1 aliphatic heterocycles. The third-order valence-electron chi connectivity index (χ3n) is 5.04. The van der Waals surface area contributed by atoms with Crippen LogP contribution in [0.15, 0.2) is 0 Å². The van der Waals surface area contributed by atoms with Crippen LogP contribution in [-0.2, 0) is 4.79 Å². The second-order valence-corrected chi connectivity index (χ2v) is 6.57. The van der Waals surface area contributed by atoms with Crippen molar-refractivity contribution in [3.05, 3.63) is 0 Å². The lowest BCUT2D eigenvalue weighted by Gasteiger charge is -2.33. The molecule has 0 aromatic heterocycles. The summed E-state index contributed by atoms with van der Waals surface area (Å²) in [4.78, 5) is 14.6. The summed E-state index contributed by atoms with van der Waals surface area (Å²) in [6, 6.07) is 1.03. The molecule has 1 heterocycles. The van der Waals surface area contributed by atoms with Crippen molar-refractivity contribution in [2.75, 3.05) is 13.1 Å². The Morgan fingerprint density at radius 2 is 1.95 bits per heavy atom. The normalized spacial score (nSPS) is 33.7. The second-order valence-electron chi connectivity index (χ2n) is 6.57. The first-order valence-electron chi connectivity index (χ1n) is 7.77. The molecule has 1 N–H and O–H groups in total. The van der Waals surface area contributed by atoms with Crippen LogP contribution in [0.3, 0.4) is 0 Å². The lowest BCUT2D eigenvalue weighted by molar-refractivity contribution is -0.133. The van der Waals surface area contributed by atoms with Gasteiger partial charge in [-0.2, -0.15) is 0 Å². The van der Waals surface area contributed by atoms with Crippen molar-refractivity contribution < 1.29 is 4.79 Å². The Labute approximate surface area is 122 Å². The van der Waals surface area contributed by atoms with Crippen LogP contribution in [0.1, 0.15) is 51.9 Å². The molecule has 19 heavy (non-hydrogen) atoms. The van der Waals surface area contributed by atoms with Crippen molar-refractivity contribution in [1.82, 2.24) is 10.2 Å². The Kier molecular flexibility index (Phi) is 5.13. The van der Waals surface area contributed by atoms with Gasteiger partial charge in [-0.15, -0.1) is 12.4 Å². The van der Waals surface area contributed by atoms with E-state index in [9.17, 15) is 4.79 Å². The second kappa shape index (κ2) is 6.45. The summed E-state index contributed by atoms with van der Waals surface area (Å²) >= 11 is 0. The zero-order chi connectivity index (χ0) is 12.5. The SMILES string of the molecule is CC1CC2CCCCC2N1C(=O)CNCC1CC1.Cl. The predicted octanol–water partition coefficient (Wildman–Crippen LogP) is 2.59. The van der Waals surface area contributed by atoms with Crippen LogP contribution >= 0.6 is 12.4 Å². The third-order valence-corrected chi connectivity index (χ3v) is 5.04. The van der Waals surface area contributed by atoms with Gasteiger partial charge in [0.1, 0.15) is 0 Å². The van der Waals surface area contributed by atoms with Crippen molar-refractivity contribution in [3.8, 4) is 0 Å². The number of carbonyl (C=O) groups is 1. The number of halogens is 1. The highest BCUT2D eigenvalue weighted by atomic mass is 35.5. The molecule has 3 atom stereocenters. The van der Waals surface area contributed by atoms with E-state index in [2.05, 4.69) is 17.1 Å². The number of carbonyl (C=O) groups excluding carboxylic acids is 1. The molecular weight excluding hydrogens is 260 g/mol. The van der Waals surface area contributed by atoms with E-state index in [1.54, 1.807) is 0 Å². The lowest BCUT2D eigenvalue weighted by Crippen LogP contribution is -2.46. The Hall–Kier alpha value is -0.280. The molecule has 3 aliphatic rings. The van der Waals surface area contributed by atoms with Crippen LogP contribution in [0.4, 0.5) is 0 Å². The van der Waals surface area contributed by atoms with Gasteiger partial charge >= 0.3 is 0 Å². The van der Waals surface area contributed by atoms with Gasteiger partial charge < -0.3 is 10.2 Å². The minimum absolute atomic E-state index is 0. The zero-order valence-electron chi connectivity index (χ0n) is 11.9. The fraction of sp³-hybridized carbons (Fsp3) is 0.933. The number of hydrogen-bond donors (Lipinski definition) is 1. The zero-order valence-corrected chi connectivity index (χ0v) is 12.8. The number of hydrogen-bond acceptors (Lipinski definition) is 2. The van der Waals surface area contributed by atoms with E-state index in [0.29, 0.717) is 24.5 Å². The largest absolute Gasteiger partial charge is 0.336 e. The Morgan fingerprint density at radius 3 is 2.68 bits per heavy atom. The first-order valence-corrected chi connectivity index (χ1v) is 7.77. The molecule has 1 saturated heterocycles. The maximum Gasteiger partial charge on any atom is 0.237 e. The lowest BCUT2D eigenvalue weighted by atomic mass is 9.85. The molecule has 110 valence electrons. The van der Waals surface area contributed by atoms with Crippen molar-refractivity contribution >= 4 is 18.3 Å². The number of nitrogens with one attached hydrogen (secondary N) is 1. The van der Waals surface area contributed by atoms with Gasteiger partial charge in [0.25, 0.3) is 0 Å². The summed E-state index contributed by atoms with van der Waals surface area (Å²) in [5.74, 6) is 2.00. The quantitative estimate of drug-likeness (QED) is 0.861. The highest BCUT2D eigenvalue weighted by Gasteiger charge is 2.42. The summed E-state index contributed by atoms with van der Waals surface area (Å²) < 4.78 is 0. The van der Waals surface area contributed by atoms with Crippen molar-refractivity contribution in [1.29, 1.82) is 0 Å². The molecule has 2 aliphatic carbocycles. The summed E-state index contributed by atoms with van der Waals surface area (Å²) in [5.41, 5.74) is 0. The highest BCUT2D eigenvalue weighted by molar-refractivity contribution is 5.85. The standard InChI is InChI=1S/C15H26N2O.ClH/c1-11-8-13-4-2-3-5-14(13)17(11)15(18)10-16-9-12-6-7-12;/h11-14,16H,2-10H2,1H3;1H. The molecule has 0 aromatic rings. The van der Waals surface area contributed by atoms with Crippen LogP contribution in [0.5, 0.6) is 0 Å². The molecule has 3 fully saturated rings. The Morgan fingerprint density at radius 1 is 1.21 bits per heavy atom. The van der Waals surface area contributed by atoms with Gasteiger partial charge in [-0.1, -0.05) is 12.8 Å². The van der Waals surface area contributed by atoms with Crippen LogP contribution < -0.4 is 5.32 Å². The number of amides is 1. The van der Waals surface area contributed by atoms with E-state index in [4.69, 9.17) is 0 Å².